The molecule has 4 rings (SSSR count). The SMILES string of the molecule is Cc1cccc(-c2cccc3ccccc23)c1C1=NCCO1. The second-order valence-corrected chi connectivity index (χ2v) is 5.56. The van der Waals surface area contributed by atoms with Gasteiger partial charge >= 0.3 is 0 Å². The third-order valence-electron chi connectivity index (χ3n) is 4.15. The lowest BCUT2D eigenvalue weighted by Gasteiger charge is -2.14. The highest BCUT2D eigenvalue weighted by Gasteiger charge is 2.18. The van der Waals surface area contributed by atoms with E-state index in [1.807, 2.05) is 0 Å². The van der Waals surface area contributed by atoms with Crippen molar-refractivity contribution < 1.29 is 4.74 Å². The molecule has 0 saturated heterocycles. The van der Waals surface area contributed by atoms with E-state index in [1.165, 1.54) is 27.5 Å². The zero-order valence-corrected chi connectivity index (χ0v) is 12.5. The first-order valence-electron chi connectivity index (χ1n) is 7.60. The van der Waals surface area contributed by atoms with Gasteiger partial charge in [-0.2, -0.15) is 0 Å². The predicted molar refractivity (Wildman–Crippen MR) is 91.5 cm³/mol. The van der Waals surface area contributed by atoms with Crippen molar-refractivity contribution in [3.05, 3.63) is 71.8 Å². The Balaban J connectivity index is 2.01. The lowest BCUT2D eigenvalue weighted by atomic mass is 9.92. The Kier molecular flexibility index (Phi) is 3.15. The van der Waals surface area contributed by atoms with Gasteiger partial charge in [-0.3, -0.25) is 0 Å². The third-order valence-corrected chi connectivity index (χ3v) is 4.15. The van der Waals surface area contributed by atoms with Crippen LogP contribution >= 0.6 is 0 Å². The number of hydrogen-bond acceptors (Lipinski definition) is 2. The second-order valence-electron chi connectivity index (χ2n) is 5.56. The molecule has 0 saturated carbocycles. The normalized spacial score (nSPS) is 14.0. The van der Waals surface area contributed by atoms with Crippen LogP contribution < -0.4 is 0 Å². The molecule has 3 aromatic carbocycles. The number of fused-ring (bicyclic) bond motifs is 1. The van der Waals surface area contributed by atoms with Crippen molar-refractivity contribution in [1.82, 2.24) is 0 Å². The minimum Gasteiger partial charge on any atom is -0.475 e. The molecule has 1 aliphatic heterocycles. The van der Waals surface area contributed by atoms with Crippen molar-refractivity contribution in [2.75, 3.05) is 13.2 Å². The van der Waals surface area contributed by atoms with E-state index in [1.54, 1.807) is 0 Å². The van der Waals surface area contributed by atoms with Crippen molar-refractivity contribution in [2.24, 2.45) is 4.99 Å². The Morgan fingerprint density at radius 2 is 1.64 bits per heavy atom. The van der Waals surface area contributed by atoms with Gasteiger partial charge in [0.05, 0.1) is 6.54 Å². The van der Waals surface area contributed by atoms with Gasteiger partial charge in [0.15, 0.2) is 0 Å². The van der Waals surface area contributed by atoms with Gasteiger partial charge < -0.3 is 4.74 Å². The maximum atomic E-state index is 5.74. The monoisotopic (exact) mass is 287 g/mol. The summed E-state index contributed by atoms with van der Waals surface area (Å²) in [5.41, 5.74) is 4.75. The molecule has 2 heteroatoms. The van der Waals surface area contributed by atoms with Crippen LogP contribution in [0.4, 0.5) is 0 Å². The van der Waals surface area contributed by atoms with Gasteiger partial charge in [0.2, 0.25) is 5.90 Å². The Bertz CT molecular complexity index is 875. The second kappa shape index (κ2) is 5.30. The number of benzene rings is 3. The zero-order chi connectivity index (χ0) is 14.9. The molecule has 22 heavy (non-hydrogen) atoms. The minimum absolute atomic E-state index is 0.679. The van der Waals surface area contributed by atoms with Crippen LogP contribution in [-0.4, -0.2) is 19.0 Å². The summed E-state index contributed by atoms with van der Waals surface area (Å²) in [5.74, 6) is 0.779. The first-order valence-corrected chi connectivity index (χ1v) is 7.60. The fraction of sp³-hybridized carbons (Fsp3) is 0.150. The zero-order valence-electron chi connectivity index (χ0n) is 12.5. The van der Waals surface area contributed by atoms with E-state index in [4.69, 9.17) is 4.74 Å². The van der Waals surface area contributed by atoms with Gasteiger partial charge in [0.25, 0.3) is 0 Å². The quantitative estimate of drug-likeness (QED) is 0.675. The molecule has 0 spiro atoms. The fourth-order valence-electron chi connectivity index (χ4n) is 3.12. The molecule has 1 heterocycles. The molecule has 0 aliphatic carbocycles. The van der Waals surface area contributed by atoms with Gasteiger partial charge in [0, 0.05) is 5.56 Å². The molecular formula is C20H17NO. The van der Waals surface area contributed by atoms with Crippen LogP contribution in [0.3, 0.4) is 0 Å². The molecule has 0 amide bonds. The highest BCUT2D eigenvalue weighted by Crippen LogP contribution is 2.33. The van der Waals surface area contributed by atoms with Gasteiger partial charge in [-0.15, -0.1) is 0 Å². The molecule has 0 radical (unpaired) electrons. The first-order chi connectivity index (χ1) is 10.8. The Hall–Kier alpha value is -2.61. The maximum absolute atomic E-state index is 5.74. The number of aliphatic imine (C=N–C) groups is 1. The topological polar surface area (TPSA) is 21.6 Å². The van der Waals surface area contributed by atoms with Crippen molar-refractivity contribution in [2.45, 2.75) is 6.92 Å². The number of rotatable bonds is 2. The van der Waals surface area contributed by atoms with Gasteiger partial charge in [-0.25, -0.2) is 4.99 Å². The summed E-state index contributed by atoms with van der Waals surface area (Å²) in [4.78, 5) is 4.53. The Morgan fingerprint density at radius 1 is 0.864 bits per heavy atom. The van der Waals surface area contributed by atoms with Crippen molar-refractivity contribution >= 4 is 16.7 Å². The lowest BCUT2D eigenvalue weighted by Crippen LogP contribution is -2.06. The van der Waals surface area contributed by atoms with Crippen LogP contribution in [0.1, 0.15) is 11.1 Å². The molecule has 0 fully saturated rings. The molecule has 0 atom stereocenters. The minimum atomic E-state index is 0.679. The van der Waals surface area contributed by atoms with Crippen LogP contribution in [0.25, 0.3) is 21.9 Å². The van der Waals surface area contributed by atoms with Gasteiger partial charge in [-0.1, -0.05) is 60.7 Å². The molecule has 0 bridgehead atoms. The number of hydrogen-bond donors (Lipinski definition) is 0. The maximum Gasteiger partial charge on any atom is 0.217 e. The molecule has 3 aromatic rings. The summed E-state index contributed by atoms with van der Waals surface area (Å²) in [6, 6.07) is 21.3. The van der Waals surface area contributed by atoms with Crippen LogP contribution in [0, 0.1) is 6.92 Å². The molecule has 0 N–H and O–H groups in total. The van der Waals surface area contributed by atoms with Crippen LogP contribution in [-0.2, 0) is 4.74 Å². The Labute approximate surface area is 130 Å². The molecule has 0 unspecified atom stereocenters. The van der Waals surface area contributed by atoms with Crippen LogP contribution in [0.2, 0.25) is 0 Å². The summed E-state index contributed by atoms with van der Waals surface area (Å²) >= 11 is 0. The standard InChI is InChI=1S/C20H17NO/c1-14-6-4-11-18(19(14)20-21-12-13-22-20)17-10-5-8-15-7-2-3-9-16(15)17/h2-11H,12-13H2,1H3. The van der Waals surface area contributed by atoms with Gasteiger partial charge in [0.1, 0.15) is 6.61 Å². The molecule has 1 aliphatic rings. The fourth-order valence-corrected chi connectivity index (χ4v) is 3.12. The largest absolute Gasteiger partial charge is 0.475 e. The van der Waals surface area contributed by atoms with E-state index < -0.39 is 0 Å². The lowest BCUT2D eigenvalue weighted by molar-refractivity contribution is 0.348. The van der Waals surface area contributed by atoms with Crippen molar-refractivity contribution in [1.29, 1.82) is 0 Å². The van der Waals surface area contributed by atoms with Crippen molar-refractivity contribution in [3.8, 4) is 11.1 Å². The summed E-state index contributed by atoms with van der Waals surface area (Å²) in [7, 11) is 0. The predicted octanol–water partition coefficient (Wildman–Crippen LogP) is 4.59. The summed E-state index contributed by atoms with van der Waals surface area (Å²) in [5, 5.41) is 2.51. The average molecular weight is 287 g/mol. The highest BCUT2D eigenvalue weighted by atomic mass is 16.5. The smallest absolute Gasteiger partial charge is 0.217 e. The number of aryl methyl sites for hydroxylation is 1. The van der Waals surface area contributed by atoms with Crippen LogP contribution in [0.5, 0.6) is 0 Å². The van der Waals surface area contributed by atoms with Crippen molar-refractivity contribution in [3.63, 3.8) is 0 Å². The van der Waals surface area contributed by atoms with E-state index in [0.717, 1.165) is 18.0 Å². The number of ether oxygens (including phenoxy) is 1. The molecule has 108 valence electrons. The van der Waals surface area contributed by atoms with Gasteiger partial charge in [-0.05, 0) is 34.4 Å². The highest BCUT2D eigenvalue weighted by molar-refractivity contribution is 6.07. The average Bonchev–Trinajstić information content (AvgIpc) is 3.08. The van der Waals surface area contributed by atoms with E-state index >= 15 is 0 Å². The third kappa shape index (κ3) is 2.08. The van der Waals surface area contributed by atoms with Crippen LogP contribution in [0.15, 0.2) is 65.7 Å². The number of nitrogens with zero attached hydrogens (tertiary/aromatic N) is 1. The van der Waals surface area contributed by atoms with E-state index in [-0.39, 0.29) is 0 Å². The summed E-state index contributed by atoms with van der Waals surface area (Å²) < 4.78 is 5.74. The van der Waals surface area contributed by atoms with E-state index in [9.17, 15) is 0 Å². The van der Waals surface area contributed by atoms with E-state index in [2.05, 4.69) is 72.6 Å². The molecule has 2 nitrogen and oxygen atoms in total. The summed E-state index contributed by atoms with van der Waals surface area (Å²) in [6.45, 7) is 3.55. The Morgan fingerprint density at radius 3 is 2.50 bits per heavy atom. The van der Waals surface area contributed by atoms with E-state index in [0.29, 0.717) is 6.61 Å². The molecular weight excluding hydrogens is 270 g/mol. The first kappa shape index (κ1) is 13.1. The molecule has 0 aromatic heterocycles. The summed E-state index contributed by atoms with van der Waals surface area (Å²) in [6.07, 6.45) is 0.